The molecule has 184 valence electrons. The minimum absolute atomic E-state index is 0.177. The summed E-state index contributed by atoms with van der Waals surface area (Å²) in [4.78, 5) is 19.7. The number of aryl methyl sites for hydroxylation is 1. The molecule has 0 amide bonds. The van der Waals surface area contributed by atoms with Gasteiger partial charge in [0.1, 0.15) is 5.69 Å². The van der Waals surface area contributed by atoms with E-state index in [1.54, 1.807) is 42.8 Å². The first-order chi connectivity index (χ1) is 17.2. The van der Waals surface area contributed by atoms with Gasteiger partial charge in [-0.2, -0.15) is 18.3 Å². The Morgan fingerprint density at radius 1 is 1.03 bits per heavy atom. The maximum Gasteiger partial charge on any atom is 0.433 e. The van der Waals surface area contributed by atoms with Crippen LogP contribution in [0.3, 0.4) is 0 Å². The lowest BCUT2D eigenvalue weighted by molar-refractivity contribution is -0.141. The van der Waals surface area contributed by atoms with Gasteiger partial charge >= 0.3 is 6.18 Å². The van der Waals surface area contributed by atoms with E-state index >= 15 is 0 Å². The Labute approximate surface area is 210 Å². The zero-order chi connectivity index (χ0) is 25.9. The van der Waals surface area contributed by atoms with E-state index in [0.717, 1.165) is 22.8 Å². The van der Waals surface area contributed by atoms with Crippen molar-refractivity contribution in [2.75, 3.05) is 7.05 Å². The Kier molecular flexibility index (Phi) is 7.21. The number of carbonyl (C=O) groups excluding carboxylic acids is 1. The average Bonchev–Trinajstić information content (AvgIpc) is 2.85. The van der Waals surface area contributed by atoms with Crippen molar-refractivity contribution in [2.24, 2.45) is 5.10 Å². The Hall–Kier alpha value is -3.98. The number of aromatic nitrogens is 3. The third-order valence-electron chi connectivity index (χ3n) is 5.53. The van der Waals surface area contributed by atoms with Crippen molar-refractivity contribution >= 4 is 18.0 Å². The molecule has 0 fully saturated rings. The molecule has 3 heterocycles. The van der Waals surface area contributed by atoms with Crippen LogP contribution >= 0.6 is 11.6 Å². The maximum absolute atomic E-state index is 13.0. The first-order valence-electron chi connectivity index (χ1n) is 10.8. The Morgan fingerprint density at radius 2 is 1.72 bits per heavy atom. The Bertz CT molecular complexity index is 1450. The second kappa shape index (κ2) is 10.3. The summed E-state index contributed by atoms with van der Waals surface area (Å²) < 4.78 is 40.3. The van der Waals surface area contributed by atoms with Gasteiger partial charge in [-0.3, -0.25) is 19.4 Å². The van der Waals surface area contributed by atoms with Crippen molar-refractivity contribution in [3.8, 4) is 22.3 Å². The lowest BCUT2D eigenvalue weighted by Crippen LogP contribution is -2.28. The number of hydrogen-bond donors (Lipinski definition) is 0. The number of alkyl halides is 3. The molecule has 0 aliphatic carbocycles. The molecule has 0 unspecified atom stereocenters. The fraction of sp³-hybridized carbons (Fsp3) is 0.154. The first kappa shape index (κ1) is 25.1. The minimum atomic E-state index is -4.52. The molecule has 36 heavy (non-hydrogen) atoms. The van der Waals surface area contributed by atoms with Crippen molar-refractivity contribution in [3.05, 3.63) is 101 Å². The van der Waals surface area contributed by atoms with Gasteiger partial charge in [-0.05, 0) is 65.6 Å². The third-order valence-corrected chi connectivity index (χ3v) is 5.78. The number of hydrogen-bond acceptors (Lipinski definition) is 5. The molecule has 0 saturated heterocycles. The molecule has 3 aromatic heterocycles. The molecule has 0 atom stereocenters. The molecular weight excluding hydrogens is 491 g/mol. The second-order valence-corrected chi connectivity index (χ2v) is 8.47. The van der Waals surface area contributed by atoms with Crippen LogP contribution in [0.4, 0.5) is 13.2 Å². The highest BCUT2D eigenvalue weighted by atomic mass is 35.5. The molecule has 6 nitrogen and oxygen atoms in total. The quantitative estimate of drug-likeness (QED) is 0.250. The minimum Gasteiger partial charge on any atom is -0.294 e. The summed E-state index contributed by atoms with van der Waals surface area (Å²) in [6, 6.07) is 15.1. The van der Waals surface area contributed by atoms with Crippen LogP contribution in [0.1, 0.15) is 17.0 Å². The van der Waals surface area contributed by atoms with Gasteiger partial charge < -0.3 is 0 Å². The number of carbonyl (C=O) groups is 1. The van der Waals surface area contributed by atoms with E-state index in [9.17, 15) is 18.0 Å². The molecule has 10 heteroatoms. The smallest absolute Gasteiger partial charge is 0.294 e. The molecule has 1 aromatic carbocycles. The fourth-order valence-corrected chi connectivity index (χ4v) is 3.90. The van der Waals surface area contributed by atoms with Gasteiger partial charge in [-0.15, -0.1) is 0 Å². The van der Waals surface area contributed by atoms with E-state index in [1.165, 1.54) is 17.6 Å². The highest BCUT2D eigenvalue weighted by Crippen LogP contribution is 2.30. The molecule has 4 aromatic rings. The number of nitrogens with zero attached hydrogens (tertiary/aromatic N) is 5. The van der Waals surface area contributed by atoms with Crippen molar-refractivity contribution in [1.82, 2.24) is 19.5 Å². The predicted molar refractivity (Wildman–Crippen MR) is 131 cm³/mol. The zero-order valence-corrected chi connectivity index (χ0v) is 20.1. The summed E-state index contributed by atoms with van der Waals surface area (Å²) in [7, 11) is 1.68. The van der Waals surface area contributed by atoms with Crippen molar-refractivity contribution in [1.29, 1.82) is 0 Å². The van der Waals surface area contributed by atoms with Gasteiger partial charge in [0.15, 0.2) is 5.49 Å². The van der Waals surface area contributed by atoms with Gasteiger partial charge in [0.2, 0.25) is 6.41 Å². The largest absolute Gasteiger partial charge is 0.433 e. The highest BCUT2D eigenvalue weighted by molar-refractivity contribution is 6.30. The summed E-state index contributed by atoms with van der Waals surface area (Å²) in [5.41, 5.74) is 3.38. The summed E-state index contributed by atoms with van der Waals surface area (Å²) in [6.45, 7) is 1.70. The molecular formula is C26H21ClF3N5O. The van der Waals surface area contributed by atoms with Crippen LogP contribution in [-0.4, -0.2) is 33.0 Å². The van der Waals surface area contributed by atoms with Crippen LogP contribution in [0.5, 0.6) is 0 Å². The van der Waals surface area contributed by atoms with Gasteiger partial charge in [-0.1, -0.05) is 29.8 Å². The Balaban J connectivity index is 1.85. The van der Waals surface area contributed by atoms with Gasteiger partial charge in [-0.25, -0.2) is 4.98 Å². The molecule has 4 rings (SSSR count). The number of pyridine rings is 3. The standard InChI is InChI=1S/C26H21ClF3N5O/c1-17-20(5-8-23(32-17)26(28,29)30)15-34(2)33-25-24(19-9-12-31-13-10-19)22(11-14-35(25)16-36)18-3-6-21(27)7-4-18/h3-14,16H,15H2,1-2H3/b33-25-. The Morgan fingerprint density at radius 3 is 2.33 bits per heavy atom. The normalized spacial score (nSPS) is 12.0. The second-order valence-electron chi connectivity index (χ2n) is 8.04. The van der Waals surface area contributed by atoms with Gasteiger partial charge in [0.05, 0.1) is 6.54 Å². The van der Waals surface area contributed by atoms with Crippen LogP contribution in [-0.2, 0) is 17.5 Å². The molecule has 0 radical (unpaired) electrons. The fourth-order valence-electron chi connectivity index (χ4n) is 3.78. The van der Waals surface area contributed by atoms with E-state index < -0.39 is 11.9 Å². The summed E-state index contributed by atoms with van der Waals surface area (Å²) in [5, 5.41) is 6.84. The number of benzene rings is 1. The monoisotopic (exact) mass is 511 g/mol. The third kappa shape index (κ3) is 5.46. The van der Waals surface area contributed by atoms with Crippen LogP contribution in [0.2, 0.25) is 5.02 Å². The van der Waals surface area contributed by atoms with E-state index in [0.29, 0.717) is 28.0 Å². The maximum atomic E-state index is 13.0. The molecule has 0 spiro atoms. The summed E-state index contributed by atoms with van der Waals surface area (Å²) >= 11 is 6.08. The molecule has 0 aliphatic heterocycles. The summed E-state index contributed by atoms with van der Waals surface area (Å²) in [6.07, 6.45) is 1.03. The number of rotatable bonds is 6. The van der Waals surface area contributed by atoms with Gasteiger partial charge in [0.25, 0.3) is 0 Å². The number of halogens is 4. The predicted octanol–water partition coefficient (Wildman–Crippen LogP) is 5.58. The van der Waals surface area contributed by atoms with E-state index in [4.69, 9.17) is 11.6 Å². The van der Waals surface area contributed by atoms with Crippen LogP contribution < -0.4 is 5.49 Å². The molecule has 0 saturated carbocycles. The average molecular weight is 512 g/mol. The highest BCUT2D eigenvalue weighted by Gasteiger charge is 2.32. The van der Waals surface area contributed by atoms with Crippen LogP contribution in [0.25, 0.3) is 22.3 Å². The molecule has 0 aliphatic rings. The lowest BCUT2D eigenvalue weighted by Gasteiger charge is -2.18. The zero-order valence-electron chi connectivity index (χ0n) is 19.4. The van der Waals surface area contributed by atoms with Crippen molar-refractivity contribution in [2.45, 2.75) is 19.6 Å². The topological polar surface area (TPSA) is 63.4 Å². The van der Waals surface area contributed by atoms with E-state index in [2.05, 4.69) is 15.1 Å². The van der Waals surface area contributed by atoms with Crippen LogP contribution in [0.15, 0.2) is 78.3 Å². The van der Waals surface area contributed by atoms with Gasteiger partial charge in [0, 0.05) is 41.9 Å². The van der Waals surface area contributed by atoms with Crippen molar-refractivity contribution in [3.63, 3.8) is 0 Å². The first-order valence-corrected chi connectivity index (χ1v) is 11.2. The van der Waals surface area contributed by atoms with E-state index in [-0.39, 0.29) is 12.2 Å². The van der Waals surface area contributed by atoms with Crippen molar-refractivity contribution < 1.29 is 18.0 Å². The van der Waals surface area contributed by atoms with Crippen LogP contribution in [0, 0.1) is 6.92 Å². The summed E-state index contributed by atoms with van der Waals surface area (Å²) in [5.74, 6) is 0. The lowest BCUT2D eigenvalue weighted by atomic mass is 9.96. The van der Waals surface area contributed by atoms with E-state index in [1.807, 2.05) is 30.3 Å². The molecule has 0 N–H and O–H groups in total. The molecule has 0 bridgehead atoms. The SMILES string of the molecule is Cc1nc(C(F)(F)F)ccc1CN(C)/N=c1/c(-c2ccncc2)c(-c2ccc(Cl)cc2)ccn1C=O.